The minimum absolute atomic E-state index is 0.267. The van der Waals surface area contributed by atoms with Crippen molar-refractivity contribution in [3.63, 3.8) is 0 Å². The Kier molecular flexibility index (Phi) is 4.09. The van der Waals surface area contributed by atoms with Crippen molar-refractivity contribution in [1.82, 2.24) is 10.3 Å². The Hall–Kier alpha value is -2.28. The van der Waals surface area contributed by atoms with Crippen LogP contribution in [0.25, 0.3) is 10.9 Å². The van der Waals surface area contributed by atoms with Gasteiger partial charge in [-0.1, -0.05) is 0 Å². The van der Waals surface area contributed by atoms with Crippen molar-refractivity contribution >= 4 is 22.3 Å². The fourth-order valence-corrected chi connectivity index (χ4v) is 2.09. The number of nitro groups is 1. The van der Waals surface area contributed by atoms with Crippen LogP contribution in [0.4, 0.5) is 15.8 Å². The van der Waals surface area contributed by atoms with E-state index in [0.717, 1.165) is 6.07 Å². The lowest BCUT2D eigenvalue weighted by Crippen LogP contribution is -2.28. The van der Waals surface area contributed by atoms with Gasteiger partial charge in [-0.2, -0.15) is 0 Å². The van der Waals surface area contributed by atoms with E-state index >= 15 is 0 Å². The van der Waals surface area contributed by atoms with Crippen molar-refractivity contribution in [2.24, 2.45) is 0 Å². The Labute approximate surface area is 115 Å². The molecule has 6 nitrogen and oxygen atoms in total. The summed E-state index contributed by atoms with van der Waals surface area (Å²) < 4.78 is 14.2. The highest BCUT2D eigenvalue weighted by Gasteiger charge is 2.21. The number of nitro benzene ring substituents is 1. The van der Waals surface area contributed by atoms with Crippen LogP contribution in [0.2, 0.25) is 0 Å². The van der Waals surface area contributed by atoms with E-state index in [2.05, 4.69) is 10.3 Å². The highest BCUT2D eigenvalue weighted by Crippen LogP contribution is 2.34. The molecule has 20 heavy (non-hydrogen) atoms. The van der Waals surface area contributed by atoms with Gasteiger partial charge in [0.25, 0.3) is 5.69 Å². The van der Waals surface area contributed by atoms with Crippen LogP contribution < -0.4 is 10.2 Å². The SMILES string of the molecule is CNCCN(C)c1c(F)cc([N+](=O)[O-])c2cccnc12. The van der Waals surface area contributed by atoms with Gasteiger partial charge in [0.15, 0.2) is 5.82 Å². The molecule has 7 heteroatoms. The maximum atomic E-state index is 14.2. The van der Waals surface area contributed by atoms with Crippen LogP contribution in [-0.2, 0) is 0 Å². The Morgan fingerprint density at radius 2 is 2.30 bits per heavy atom. The number of aromatic nitrogens is 1. The molecule has 1 N–H and O–H groups in total. The third kappa shape index (κ3) is 2.53. The number of likely N-dealkylation sites (N-methyl/N-ethyl adjacent to an activating group) is 2. The molecule has 0 fully saturated rings. The summed E-state index contributed by atoms with van der Waals surface area (Å²) in [6.07, 6.45) is 1.50. The second-order valence-electron chi connectivity index (χ2n) is 4.41. The lowest BCUT2D eigenvalue weighted by molar-refractivity contribution is -0.383. The number of benzene rings is 1. The molecule has 2 aromatic rings. The molecule has 0 bridgehead atoms. The van der Waals surface area contributed by atoms with E-state index in [-0.39, 0.29) is 11.4 Å². The first kappa shape index (κ1) is 14.1. The van der Waals surface area contributed by atoms with Crippen LogP contribution >= 0.6 is 0 Å². The van der Waals surface area contributed by atoms with Crippen molar-refractivity contribution in [3.05, 3.63) is 40.3 Å². The first-order chi connectivity index (χ1) is 9.56. The molecule has 0 aliphatic rings. The van der Waals surface area contributed by atoms with Gasteiger partial charge in [-0.3, -0.25) is 15.1 Å². The highest BCUT2D eigenvalue weighted by molar-refractivity contribution is 5.97. The molecule has 0 spiro atoms. The van der Waals surface area contributed by atoms with Crippen molar-refractivity contribution in [2.45, 2.75) is 0 Å². The van der Waals surface area contributed by atoms with Gasteiger partial charge in [0, 0.05) is 26.3 Å². The van der Waals surface area contributed by atoms with E-state index in [1.54, 1.807) is 31.1 Å². The van der Waals surface area contributed by atoms with E-state index in [4.69, 9.17) is 0 Å². The maximum Gasteiger partial charge on any atom is 0.281 e. The van der Waals surface area contributed by atoms with Crippen LogP contribution in [0.15, 0.2) is 24.4 Å². The molecule has 106 valence electrons. The Morgan fingerprint density at radius 3 is 2.95 bits per heavy atom. The topological polar surface area (TPSA) is 71.3 Å². The standard InChI is InChI=1S/C13H15FN4O2/c1-15-6-7-17(2)13-10(14)8-11(18(19)20)9-4-3-5-16-12(9)13/h3-5,8,15H,6-7H2,1-2H3. The number of halogens is 1. The third-order valence-corrected chi connectivity index (χ3v) is 3.07. The Morgan fingerprint density at radius 1 is 1.55 bits per heavy atom. The second kappa shape index (κ2) is 5.79. The van der Waals surface area contributed by atoms with Gasteiger partial charge < -0.3 is 10.2 Å². The van der Waals surface area contributed by atoms with E-state index in [1.165, 1.54) is 6.20 Å². The smallest absolute Gasteiger partial charge is 0.281 e. The van der Waals surface area contributed by atoms with E-state index < -0.39 is 10.7 Å². The number of rotatable bonds is 5. The predicted molar refractivity (Wildman–Crippen MR) is 75.6 cm³/mol. The zero-order valence-corrected chi connectivity index (χ0v) is 11.3. The van der Waals surface area contributed by atoms with Crippen molar-refractivity contribution < 1.29 is 9.31 Å². The quantitative estimate of drug-likeness (QED) is 0.668. The Balaban J connectivity index is 2.63. The zero-order chi connectivity index (χ0) is 14.7. The predicted octanol–water partition coefficient (Wildman–Crippen LogP) is 1.94. The molecule has 0 saturated carbocycles. The molecule has 0 aliphatic carbocycles. The normalized spacial score (nSPS) is 10.8. The number of hydrogen-bond donors (Lipinski definition) is 1. The fraction of sp³-hybridized carbons (Fsp3) is 0.308. The summed E-state index contributed by atoms with van der Waals surface area (Å²) in [4.78, 5) is 16.2. The van der Waals surface area contributed by atoms with E-state index in [0.29, 0.717) is 24.0 Å². The lowest BCUT2D eigenvalue weighted by atomic mass is 10.1. The van der Waals surface area contributed by atoms with Gasteiger partial charge in [-0.25, -0.2) is 4.39 Å². The number of anilines is 1. The van der Waals surface area contributed by atoms with Gasteiger partial charge >= 0.3 is 0 Å². The summed E-state index contributed by atoms with van der Waals surface area (Å²) in [5, 5.41) is 14.3. The van der Waals surface area contributed by atoms with E-state index in [1.807, 2.05) is 0 Å². The van der Waals surface area contributed by atoms with Gasteiger partial charge in [-0.05, 0) is 19.2 Å². The molecule has 1 aromatic carbocycles. The summed E-state index contributed by atoms with van der Waals surface area (Å²) in [5.74, 6) is -0.637. The molecular formula is C13H15FN4O2. The maximum absolute atomic E-state index is 14.2. The van der Waals surface area contributed by atoms with Crippen LogP contribution in [0.1, 0.15) is 0 Å². The lowest BCUT2D eigenvalue weighted by Gasteiger charge is -2.21. The number of fused-ring (bicyclic) bond motifs is 1. The van der Waals surface area contributed by atoms with Crippen LogP contribution in [-0.4, -0.2) is 37.1 Å². The van der Waals surface area contributed by atoms with Crippen LogP contribution in [0.5, 0.6) is 0 Å². The molecule has 1 aromatic heterocycles. The number of pyridine rings is 1. The minimum atomic E-state index is -0.637. The molecule has 0 saturated heterocycles. The van der Waals surface area contributed by atoms with Crippen molar-refractivity contribution in [3.8, 4) is 0 Å². The molecule has 0 radical (unpaired) electrons. The zero-order valence-electron chi connectivity index (χ0n) is 11.3. The average Bonchev–Trinajstić information content (AvgIpc) is 2.43. The third-order valence-electron chi connectivity index (χ3n) is 3.07. The molecule has 0 atom stereocenters. The van der Waals surface area contributed by atoms with Crippen molar-refractivity contribution in [1.29, 1.82) is 0 Å². The van der Waals surface area contributed by atoms with Gasteiger partial charge in [0.2, 0.25) is 0 Å². The first-order valence-corrected chi connectivity index (χ1v) is 6.13. The van der Waals surface area contributed by atoms with Crippen LogP contribution in [0, 0.1) is 15.9 Å². The average molecular weight is 278 g/mol. The molecule has 2 rings (SSSR count). The summed E-state index contributed by atoms with van der Waals surface area (Å²) in [5.41, 5.74) is 0.315. The number of non-ortho nitro benzene ring substituents is 1. The number of nitrogens with one attached hydrogen (secondary N) is 1. The molecule has 0 aliphatic heterocycles. The molecule has 1 heterocycles. The fourth-order valence-electron chi connectivity index (χ4n) is 2.09. The summed E-state index contributed by atoms with van der Waals surface area (Å²) in [6, 6.07) is 4.13. The summed E-state index contributed by atoms with van der Waals surface area (Å²) >= 11 is 0. The second-order valence-corrected chi connectivity index (χ2v) is 4.41. The van der Waals surface area contributed by atoms with Crippen molar-refractivity contribution in [2.75, 3.05) is 32.1 Å². The largest absolute Gasteiger partial charge is 0.369 e. The van der Waals surface area contributed by atoms with E-state index in [9.17, 15) is 14.5 Å². The summed E-state index contributed by atoms with van der Waals surface area (Å²) in [7, 11) is 3.53. The Bertz CT molecular complexity index is 648. The van der Waals surface area contributed by atoms with Gasteiger partial charge in [0.1, 0.15) is 5.52 Å². The molecule has 0 amide bonds. The summed E-state index contributed by atoms with van der Waals surface area (Å²) in [6.45, 7) is 1.23. The van der Waals surface area contributed by atoms with Crippen LogP contribution in [0.3, 0.4) is 0 Å². The van der Waals surface area contributed by atoms with Gasteiger partial charge in [-0.15, -0.1) is 0 Å². The first-order valence-electron chi connectivity index (χ1n) is 6.13. The minimum Gasteiger partial charge on any atom is -0.369 e. The monoisotopic (exact) mass is 278 g/mol. The number of nitrogens with zero attached hydrogens (tertiary/aromatic N) is 3. The van der Waals surface area contributed by atoms with Gasteiger partial charge in [0.05, 0.1) is 22.1 Å². The molecular weight excluding hydrogens is 263 g/mol. The molecule has 0 unspecified atom stereocenters. The highest BCUT2D eigenvalue weighted by atomic mass is 19.1. The number of hydrogen-bond acceptors (Lipinski definition) is 5.